The molecule has 0 aromatic heterocycles. The Kier molecular flexibility index (Phi) is 4.05. The third kappa shape index (κ3) is 2.50. The maximum atomic E-state index is 13.9. The minimum Gasteiger partial charge on any atom is -0.366 e. The van der Waals surface area contributed by atoms with Crippen LogP contribution in [0.4, 0.5) is 10.1 Å². The van der Waals surface area contributed by atoms with Gasteiger partial charge in [-0.2, -0.15) is 5.26 Å². The molecule has 0 amide bonds. The second-order valence-corrected chi connectivity index (χ2v) is 4.89. The molecule has 0 saturated heterocycles. The quantitative estimate of drug-likeness (QED) is 0.834. The summed E-state index contributed by atoms with van der Waals surface area (Å²) in [5.41, 5.74) is 3.10. The van der Waals surface area contributed by atoms with Gasteiger partial charge in [-0.15, -0.1) is 0 Å². The second kappa shape index (κ2) is 5.75. The van der Waals surface area contributed by atoms with Crippen LogP contribution in [0.15, 0.2) is 42.5 Å². The van der Waals surface area contributed by atoms with Crippen molar-refractivity contribution >= 4 is 5.69 Å². The Morgan fingerprint density at radius 1 is 1.15 bits per heavy atom. The highest BCUT2D eigenvalue weighted by Crippen LogP contribution is 2.31. The highest BCUT2D eigenvalue weighted by Gasteiger charge is 2.19. The fourth-order valence-corrected chi connectivity index (χ4v) is 2.43. The molecule has 20 heavy (non-hydrogen) atoms. The van der Waals surface area contributed by atoms with E-state index in [1.807, 2.05) is 44.0 Å². The smallest absolute Gasteiger partial charge is 0.128 e. The van der Waals surface area contributed by atoms with Crippen LogP contribution in [-0.4, -0.2) is 7.05 Å². The SMILES string of the molecule is Cc1cccc(C#N)c1N(C)C(C)c1ccccc1F. The monoisotopic (exact) mass is 268 g/mol. The maximum absolute atomic E-state index is 13.9. The van der Waals surface area contributed by atoms with Crippen LogP contribution >= 0.6 is 0 Å². The molecule has 2 nitrogen and oxygen atoms in total. The Bertz CT molecular complexity index is 658. The largest absolute Gasteiger partial charge is 0.366 e. The number of nitriles is 1. The van der Waals surface area contributed by atoms with Crippen LogP contribution in [0.2, 0.25) is 0 Å². The summed E-state index contributed by atoms with van der Waals surface area (Å²) >= 11 is 0. The van der Waals surface area contributed by atoms with Gasteiger partial charge in [0.1, 0.15) is 11.9 Å². The Labute approximate surface area is 119 Å². The highest BCUT2D eigenvalue weighted by atomic mass is 19.1. The molecule has 0 aliphatic rings. The van der Waals surface area contributed by atoms with Gasteiger partial charge in [0, 0.05) is 12.6 Å². The topological polar surface area (TPSA) is 27.0 Å². The third-order valence-corrected chi connectivity index (χ3v) is 3.65. The lowest BCUT2D eigenvalue weighted by atomic mass is 10.0. The van der Waals surface area contributed by atoms with Crippen molar-refractivity contribution in [1.29, 1.82) is 5.26 Å². The highest BCUT2D eigenvalue weighted by molar-refractivity contribution is 5.64. The van der Waals surface area contributed by atoms with Crippen molar-refractivity contribution < 1.29 is 4.39 Å². The zero-order chi connectivity index (χ0) is 14.7. The van der Waals surface area contributed by atoms with Crippen LogP contribution in [0.1, 0.15) is 29.7 Å². The lowest BCUT2D eigenvalue weighted by Crippen LogP contribution is -2.24. The van der Waals surface area contributed by atoms with Gasteiger partial charge < -0.3 is 4.90 Å². The number of halogens is 1. The van der Waals surface area contributed by atoms with Gasteiger partial charge in [-0.3, -0.25) is 0 Å². The minimum atomic E-state index is -0.223. The molecule has 2 aromatic rings. The molecular formula is C17H17FN2. The summed E-state index contributed by atoms with van der Waals surface area (Å²) in [7, 11) is 1.89. The van der Waals surface area contributed by atoms with E-state index in [0.29, 0.717) is 11.1 Å². The van der Waals surface area contributed by atoms with E-state index in [2.05, 4.69) is 6.07 Å². The van der Waals surface area contributed by atoms with E-state index in [1.165, 1.54) is 6.07 Å². The van der Waals surface area contributed by atoms with Crippen LogP contribution in [0, 0.1) is 24.1 Å². The molecule has 0 aliphatic heterocycles. The van der Waals surface area contributed by atoms with Gasteiger partial charge in [-0.25, -0.2) is 4.39 Å². The Morgan fingerprint density at radius 2 is 1.85 bits per heavy atom. The molecule has 1 unspecified atom stereocenters. The van der Waals surface area contributed by atoms with E-state index in [9.17, 15) is 9.65 Å². The molecule has 0 heterocycles. The molecular weight excluding hydrogens is 251 g/mol. The summed E-state index contributed by atoms with van der Waals surface area (Å²) in [6, 6.07) is 14.4. The second-order valence-electron chi connectivity index (χ2n) is 4.89. The molecule has 0 N–H and O–H groups in total. The van der Waals surface area contributed by atoms with E-state index >= 15 is 0 Å². The molecule has 0 radical (unpaired) electrons. The molecule has 0 spiro atoms. The molecule has 0 saturated carbocycles. The van der Waals surface area contributed by atoms with Crippen LogP contribution in [0.3, 0.4) is 0 Å². The van der Waals surface area contributed by atoms with Crippen LogP contribution < -0.4 is 4.90 Å². The predicted molar refractivity (Wildman–Crippen MR) is 79.1 cm³/mol. The average Bonchev–Trinajstić information content (AvgIpc) is 2.46. The lowest BCUT2D eigenvalue weighted by molar-refractivity contribution is 0.585. The van der Waals surface area contributed by atoms with Gasteiger partial charge in [0.25, 0.3) is 0 Å². The van der Waals surface area contributed by atoms with Crippen LogP contribution in [0.5, 0.6) is 0 Å². The molecule has 1 atom stereocenters. The normalized spacial score (nSPS) is 11.8. The van der Waals surface area contributed by atoms with E-state index in [4.69, 9.17) is 0 Å². The molecule has 0 aliphatic carbocycles. The summed E-state index contributed by atoms with van der Waals surface area (Å²) in [6.45, 7) is 3.90. The van der Waals surface area contributed by atoms with E-state index in [-0.39, 0.29) is 11.9 Å². The molecule has 2 aromatic carbocycles. The van der Waals surface area contributed by atoms with Crippen molar-refractivity contribution in [3.05, 3.63) is 65.0 Å². The van der Waals surface area contributed by atoms with Crippen molar-refractivity contribution in [2.75, 3.05) is 11.9 Å². The number of hydrogen-bond donors (Lipinski definition) is 0. The summed E-state index contributed by atoms with van der Waals surface area (Å²) in [4.78, 5) is 1.95. The van der Waals surface area contributed by atoms with Crippen molar-refractivity contribution in [2.45, 2.75) is 19.9 Å². The molecule has 2 rings (SSSR count). The standard InChI is InChI=1S/C17H17FN2/c1-12-7-6-8-14(11-19)17(12)20(3)13(2)15-9-4-5-10-16(15)18/h4-10,13H,1-3H3. The number of rotatable bonds is 3. The van der Waals surface area contributed by atoms with Crippen molar-refractivity contribution in [3.63, 3.8) is 0 Å². The zero-order valence-electron chi connectivity index (χ0n) is 11.9. The zero-order valence-corrected chi connectivity index (χ0v) is 11.9. The first-order chi connectivity index (χ1) is 9.56. The number of anilines is 1. The van der Waals surface area contributed by atoms with Crippen molar-refractivity contribution in [2.24, 2.45) is 0 Å². The number of hydrogen-bond acceptors (Lipinski definition) is 2. The molecule has 102 valence electrons. The number of para-hydroxylation sites is 1. The van der Waals surface area contributed by atoms with E-state index < -0.39 is 0 Å². The van der Waals surface area contributed by atoms with Gasteiger partial charge in [0.15, 0.2) is 0 Å². The maximum Gasteiger partial charge on any atom is 0.128 e. The Balaban J connectivity index is 2.45. The molecule has 0 bridgehead atoms. The summed E-state index contributed by atoms with van der Waals surface area (Å²) in [5, 5.41) is 9.25. The minimum absolute atomic E-state index is 0.149. The van der Waals surface area contributed by atoms with Gasteiger partial charge in [0.05, 0.1) is 17.3 Å². The van der Waals surface area contributed by atoms with Gasteiger partial charge in [0.2, 0.25) is 0 Å². The lowest BCUT2D eigenvalue weighted by Gasteiger charge is -2.29. The van der Waals surface area contributed by atoms with Crippen molar-refractivity contribution in [1.82, 2.24) is 0 Å². The third-order valence-electron chi connectivity index (χ3n) is 3.65. The van der Waals surface area contributed by atoms with Gasteiger partial charge >= 0.3 is 0 Å². The predicted octanol–water partition coefficient (Wildman–Crippen LogP) is 4.20. The summed E-state index contributed by atoms with van der Waals surface area (Å²) in [5.74, 6) is -0.223. The van der Waals surface area contributed by atoms with Crippen LogP contribution in [0.25, 0.3) is 0 Å². The van der Waals surface area contributed by atoms with E-state index in [0.717, 1.165) is 11.3 Å². The first-order valence-electron chi connectivity index (χ1n) is 6.53. The van der Waals surface area contributed by atoms with Gasteiger partial charge in [-0.05, 0) is 31.5 Å². The van der Waals surface area contributed by atoms with Crippen molar-refractivity contribution in [3.8, 4) is 6.07 Å². The molecule has 0 fully saturated rings. The first-order valence-corrected chi connectivity index (χ1v) is 6.53. The average molecular weight is 268 g/mol. The number of benzene rings is 2. The summed E-state index contributed by atoms with van der Waals surface area (Å²) in [6.07, 6.45) is 0. The first kappa shape index (κ1) is 14.1. The Morgan fingerprint density at radius 3 is 2.50 bits per heavy atom. The Hall–Kier alpha value is -2.34. The number of aryl methyl sites for hydroxylation is 1. The molecule has 3 heteroatoms. The summed E-state index contributed by atoms with van der Waals surface area (Å²) < 4.78 is 13.9. The van der Waals surface area contributed by atoms with Gasteiger partial charge in [-0.1, -0.05) is 30.3 Å². The fourth-order valence-electron chi connectivity index (χ4n) is 2.43. The fraction of sp³-hybridized carbons (Fsp3) is 0.235. The van der Waals surface area contributed by atoms with E-state index in [1.54, 1.807) is 18.2 Å². The number of nitrogens with zero attached hydrogens (tertiary/aromatic N) is 2. The van der Waals surface area contributed by atoms with Crippen LogP contribution in [-0.2, 0) is 0 Å².